The van der Waals surface area contributed by atoms with Crippen LogP contribution in [0.3, 0.4) is 0 Å². The summed E-state index contributed by atoms with van der Waals surface area (Å²) in [4.78, 5) is 19.0. The summed E-state index contributed by atoms with van der Waals surface area (Å²) < 4.78 is 8.34. The van der Waals surface area contributed by atoms with Crippen LogP contribution >= 0.6 is 0 Å². The van der Waals surface area contributed by atoms with E-state index >= 15 is 0 Å². The molecule has 1 atom stereocenters. The number of ether oxygens (including phenoxy) is 1. The smallest absolute Gasteiger partial charge is 0.221 e. The molecule has 2 heterocycles. The minimum Gasteiger partial charge on any atom is -0.489 e. The van der Waals surface area contributed by atoms with Gasteiger partial charge in [0.15, 0.2) is 0 Å². The molecular weight excluding hydrogens is 364 g/mol. The van der Waals surface area contributed by atoms with E-state index in [1.54, 1.807) is 6.20 Å². The third kappa shape index (κ3) is 6.32. The number of nitrogens with one attached hydrogen (secondary N) is 1. The zero-order valence-electron chi connectivity index (χ0n) is 17.8. The monoisotopic (exact) mass is 398 g/mol. The van der Waals surface area contributed by atoms with Crippen molar-refractivity contribution in [2.45, 2.75) is 65.1 Å². The molecule has 0 unspecified atom stereocenters. The Bertz CT molecular complexity index is 774. The normalized spacial score (nSPS) is 16.7. The maximum Gasteiger partial charge on any atom is 0.221 e. The van der Waals surface area contributed by atoms with E-state index in [4.69, 9.17) is 4.74 Å². The third-order valence-corrected chi connectivity index (χ3v) is 5.45. The summed E-state index contributed by atoms with van der Waals surface area (Å²) in [6, 6.07) is 8.31. The Hall–Kier alpha value is -2.34. The lowest BCUT2D eigenvalue weighted by Crippen LogP contribution is -2.38. The number of para-hydroxylation sites is 1. The molecular formula is C23H34N4O2. The predicted octanol–water partition coefficient (Wildman–Crippen LogP) is 3.41. The maximum absolute atomic E-state index is 12.3. The zero-order valence-corrected chi connectivity index (χ0v) is 17.8. The van der Waals surface area contributed by atoms with Gasteiger partial charge >= 0.3 is 0 Å². The second-order valence-corrected chi connectivity index (χ2v) is 7.72. The van der Waals surface area contributed by atoms with E-state index < -0.39 is 0 Å². The first-order valence-corrected chi connectivity index (χ1v) is 10.9. The summed E-state index contributed by atoms with van der Waals surface area (Å²) in [5.41, 5.74) is 1.23. The number of carbonyl (C=O) groups excluding carboxylic acids is 1. The molecule has 0 aliphatic carbocycles. The van der Waals surface area contributed by atoms with Gasteiger partial charge < -0.3 is 14.6 Å². The molecule has 0 bridgehead atoms. The van der Waals surface area contributed by atoms with Gasteiger partial charge in [0.1, 0.15) is 17.7 Å². The van der Waals surface area contributed by atoms with Crippen LogP contribution in [0.15, 0.2) is 36.7 Å². The number of hydrogen-bond acceptors (Lipinski definition) is 4. The Morgan fingerprint density at radius 1 is 1.28 bits per heavy atom. The lowest BCUT2D eigenvalue weighted by atomic mass is 10.1. The van der Waals surface area contributed by atoms with Gasteiger partial charge in [-0.3, -0.25) is 9.69 Å². The molecule has 0 saturated heterocycles. The number of unbranched alkanes of at least 4 members (excludes halogenated alkanes) is 1. The molecule has 1 aliphatic rings. The van der Waals surface area contributed by atoms with Crippen LogP contribution < -0.4 is 10.1 Å². The number of rotatable bonds is 10. The second kappa shape index (κ2) is 11.0. The molecule has 0 saturated carbocycles. The highest BCUT2D eigenvalue weighted by Gasteiger charge is 2.22. The van der Waals surface area contributed by atoms with Crippen molar-refractivity contribution < 1.29 is 9.53 Å². The summed E-state index contributed by atoms with van der Waals surface area (Å²) in [6.45, 7) is 8.23. The van der Waals surface area contributed by atoms with Gasteiger partial charge in [-0.1, -0.05) is 38.5 Å². The Morgan fingerprint density at radius 3 is 2.97 bits per heavy atom. The number of fused-ring (bicyclic) bond motifs is 1. The average molecular weight is 399 g/mol. The highest BCUT2D eigenvalue weighted by Crippen LogP contribution is 2.26. The first kappa shape index (κ1) is 21.4. The predicted molar refractivity (Wildman–Crippen MR) is 115 cm³/mol. The molecule has 1 aromatic heterocycles. The molecule has 29 heavy (non-hydrogen) atoms. The Kier molecular flexibility index (Phi) is 8.11. The van der Waals surface area contributed by atoms with Crippen LogP contribution in [0, 0.1) is 0 Å². The third-order valence-electron chi connectivity index (χ3n) is 5.45. The largest absolute Gasteiger partial charge is 0.489 e. The molecule has 1 aromatic carbocycles. The number of aryl methyl sites for hydroxylation is 2. The fourth-order valence-corrected chi connectivity index (χ4v) is 3.83. The molecule has 6 heteroatoms. The molecule has 6 nitrogen and oxygen atoms in total. The molecule has 1 N–H and O–H groups in total. The zero-order chi connectivity index (χ0) is 20.5. The molecule has 0 spiro atoms. The number of benzene rings is 1. The summed E-state index contributed by atoms with van der Waals surface area (Å²) in [5, 5.41) is 3.08. The minimum absolute atomic E-state index is 0.0924. The number of amides is 1. The summed E-state index contributed by atoms with van der Waals surface area (Å²) in [5.74, 6) is 2.13. The molecule has 2 aromatic rings. The van der Waals surface area contributed by atoms with Crippen molar-refractivity contribution >= 4 is 5.91 Å². The molecule has 1 amide bonds. The number of imidazole rings is 1. The fraction of sp³-hybridized carbons (Fsp3) is 0.565. The van der Waals surface area contributed by atoms with Gasteiger partial charge in [-0.25, -0.2) is 4.98 Å². The van der Waals surface area contributed by atoms with Crippen molar-refractivity contribution in [2.75, 3.05) is 19.6 Å². The molecule has 0 radical (unpaired) electrons. The van der Waals surface area contributed by atoms with Gasteiger partial charge in [-0.15, -0.1) is 0 Å². The first-order chi connectivity index (χ1) is 14.2. The highest BCUT2D eigenvalue weighted by atomic mass is 16.5. The molecule has 0 fully saturated rings. The number of aromatic nitrogens is 2. The van der Waals surface area contributed by atoms with E-state index in [0.29, 0.717) is 19.5 Å². The Morgan fingerprint density at radius 2 is 2.14 bits per heavy atom. The lowest BCUT2D eigenvalue weighted by molar-refractivity contribution is -0.121. The summed E-state index contributed by atoms with van der Waals surface area (Å²) in [6.07, 6.45) is 8.73. The fourth-order valence-electron chi connectivity index (χ4n) is 3.83. The van der Waals surface area contributed by atoms with Crippen molar-refractivity contribution in [2.24, 2.45) is 0 Å². The number of carbonyl (C=O) groups is 1. The standard InChI is InChI=1S/C23H34N4O2/c1-3-5-9-20-18-26(17-19-8-6-7-10-21(19)29-20)15-12-25-23(28)11-14-27-16-13-24-22(27)4-2/h6-8,10,13,16,20H,3-5,9,11-12,14-15,17-18H2,1-2H3,(H,25,28)/t20-/m1/s1. The minimum atomic E-state index is 0.0924. The van der Waals surface area contributed by atoms with E-state index in [0.717, 1.165) is 44.0 Å². The van der Waals surface area contributed by atoms with Crippen LogP contribution in [-0.4, -0.2) is 46.1 Å². The van der Waals surface area contributed by atoms with Gasteiger partial charge in [-0.2, -0.15) is 0 Å². The maximum atomic E-state index is 12.3. The average Bonchev–Trinajstić information content (AvgIpc) is 3.11. The second-order valence-electron chi connectivity index (χ2n) is 7.72. The number of nitrogens with zero attached hydrogens (tertiary/aromatic N) is 3. The van der Waals surface area contributed by atoms with Gasteiger partial charge in [0.2, 0.25) is 5.91 Å². The topological polar surface area (TPSA) is 59.4 Å². The van der Waals surface area contributed by atoms with Crippen molar-refractivity contribution in [3.63, 3.8) is 0 Å². The van der Waals surface area contributed by atoms with Crippen molar-refractivity contribution in [3.05, 3.63) is 48.0 Å². The van der Waals surface area contributed by atoms with Crippen molar-refractivity contribution in [1.29, 1.82) is 0 Å². The number of hydrogen-bond donors (Lipinski definition) is 1. The van der Waals surface area contributed by atoms with Gasteiger partial charge in [0.05, 0.1) is 0 Å². The lowest BCUT2D eigenvalue weighted by Gasteiger charge is -2.24. The van der Waals surface area contributed by atoms with Crippen molar-refractivity contribution in [1.82, 2.24) is 19.8 Å². The first-order valence-electron chi connectivity index (χ1n) is 10.9. The molecule has 158 valence electrons. The van der Waals surface area contributed by atoms with Crippen LogP contribution in [0.4, 0.5) is 0 Å². The van der Waals surface area contributed by atoms with Crippen LogP contribution in [0.25, 0.3) is 0 Å². The van der Waals surface area contributed by atoms with Crippen LogP contribution in [-0.2, 0) is 24.3 Å². The van der Waals surface area contributed by atoms with E-state index in [-0.39, 0.29) is 12.0 Å². The van der Waals surface area contributed by atoms with Gasteiger partial charge in [0.25, 0.3) is 0 Å². The quantitative estimate of drug-likeness (QED) is 0.666. The van der Waals surface area contributed by atoms with Crippen LogP contribution in [0.2, 0.25) is 0 Å². The summed E-state index contributed by atoms with van der Waals surface area (Å²) in [7, 11) is 0. The molecule has 1 aliphatic heterocycles. The van der Waals surface area contributed by atoms with Gasteiger partial charge in [0, 0.05) is 63.5 Å². The van der Waals surface area contributed by atoms with E-state index in [1.165, 1.54) is 18.4 Å². The van der Waals surface area contributed by atoms with Crippen molar-refractivity contribution in [3.8, 4) is 5.75 Å². The van der Waals surface area contributed by atoms with E-state index in [1.807, 2.05) is 12.3 Å². The SMILES string of the molecule is CCCC[C@@H]1CN(CCNC(=O)CCn2ccnc2CC)Cc2ccccc2O1. The van der Waals surface area contributed by atoms with Crippen LogP contribution in [0.5, 0.6) is 5.75 Å². The highest BCUT2D eigenvalue weighted by molar-refractivity contribution is 5.75. The van der Waals surface area contributed by atoms with E-state index in [2.05, 4.69) is 51.8 Å². The molecule has 3 rings (SSSR count). The summed E-state index contributed by atoms with van der Waals surface area (Å²) >= 11 is 0. The van der Waals surface area contributed by atoms with E-state index in [9.17, 15) is 4.79 Å². The Labute approximate surface area is 174 Å². The van der Waals surface area contributed by atoms with Gasteiger partial charge in [-0.05, 0) is 18.9 Å². The Balaban J connectivity index is 1.47. The van der Waals surface area contributed by atoms with Crippen LogP contribution in [0.1, 0.15) is 50.9 Å².